The Morgan fingerprint density at radius 1 is 1.21 bits per heavy atom. The number of carboxylic acid groups (broad SMARTS) is 1. The van der Waals surface area contributed by atoms with E-state index in [4.69, 9.17) is 10.2 Å². The first-order chi connectivity index (χ1) is 6.47. The Morgan fingerprint density at radius 2 is 1.71 bits per heavy atom. The van der Waals surface area contributed by atoms with Gasteiger partial charge in [0.1, 0.15) is 0 Å². The predicted molar refractivity (Wildman–Crippen MR) is 40.7 cm³/mol. The molecule has 1 unspecified atom stereocenters. The largest absolute Gasteiger partial charge is 0.479 e. The van der Waals surface area contributed by atoms with Crippen molar-refractivity contribution in [3.05, 3.63) is 0 Å². The molecule has 0 rings (SSSR count). The predicted octanol–water partition coefficient (Wildman–Crippen LogP) is -0.767. The van der Waals surface area contributed by atoms with Crippen molar-refractivity contribution in [1.29, 1.82) is 0 Å². The van der Waals surface area contributed by atoms with Gasteiger partial charge in [0.25, 0.3) is 0 Å². The molecule has 80 valence electrons. The molecule has 0 amide bonds. The summed E-state index contributed by atoms with van der Waals surface area (Å²) in [5.41, 5.74) is 0. The fourth-order valence-corrected chi connectivity index (χ4v) is 0.431. The number of carbonyl (C=O) groups is 3. The molecule has 0 aromatic carbocycles. The lowest BCUT2D eigenvalue weighted by Crippen LogP contribution is -2.24. The molecule has 1 atom stereocenters. The number of carbonyl (C=O) groups excluding carboxylic acids is 2. The van der Waals surface area contributed by atoms with Gasteiger partial charge in [0.15, 0.2) is 6.10 Å². The molecule has 7 nitrogen and oxygen atoms in total. The zero-order valence-electron chi connectivity index (χ0n) is 7.43. The van der Waals surface area contributed by atoms with Gasteiger partial charge in [-0.2, -0.15) is 0 Å². The minimum Gasteiger partial charge on any atom is -0.479 e. The summed E-state index contributed by atoms with van der Waals surface area (Å²) in [6.07, 6.45) is -2.61. The van der Waals surface area contributed by atoms with Crippen LogP contribution in [-0.4, -0.2) is 34.2 Å². The van der Waals surface area contributed by atoms with Crippen molar-refractivity contribution in [3.63, 3.8) is 0 Å². The van der Waals surface area contributed by atoms with Crippen LogP contribution in [-0.2, 0) is 24.2 Å². The van der Waals surface area contributed by atoms with Crippen molar-refractivity contribution in [3.8, 4) is 0 Å². The van der Waals surface area contributed by atoms with E-state index in [-0.39, 0.29) is 6.42 Å². The standard InChI is InChI=1S/C7H10O7/c1-2-5(9)13-14-6(10)3-4(8)7(11)12/h4,8H,2-3H2,1H3,(H,11,12). The second-order valence-electron chi connectivity index (χ2n) is 2.32. The molecule has 0 fully saturated rings. The third-order valence-corrected chi connectivity index (χ3v) is 1.16. The van der Waals surface area contributed by atoms with E-state index >= 15 is 0 Å². The summed E-state index contributed by atoms with van der Waals surface area (Å²) in [4.78, 5) is 39.0. The smallest absolute Gasteiger partial charge is 0.358 e. The molecule has 0 bridgehead atoms. The van der Waals surface area contributed by atoms with Crippen molar-refractivity contribution in [2.45, 2.75) is 25.9 Å². The highest BCUT2D eigenvalue weighted by Crippen LogP contribution is 1.96. The van der Waals surface area contributed by atoms with Crippen LogP contribution in [0, 0.1) is 0 Å². The number of aliphatic hydroxyl groups excluding tert-OH is 1. The Labute approximate surface area is 79.2 Å². The number of aliphatic carboxylic acids is 1. The first-order valence-corrected chi connectivity index (χ1v) is 3.78. The molecule has 2 N–H and O–H groups in total. The number of rotatable bonds is 4. The van der Waals surface area contributed by atoms with Gasteiger partial charge >= 0.3 is 17.9 Å². The molecule has 0 saturated heterocycles. The van der Waals surface area contributed by atoms with Crippen LogP contribution >= 0.6 is 0 Å². The van der Waals surface area contributed by atoms with Crippen molar-refractivity contribution in [2.24, 2.45) is 0 Å². The van der Waals surface area contributed by atoms with Crippen LogP contribution in [0.5, 0.6) is 0 Å². The maximum absolute atomic E-state index is 10.7. The average molecular weight is 206 g/mol. The first kappa shape index (κ1) is 12.4. The van der Waals surface area contributed by atoms with Crippen molar-refractivity contribution < 1.29 is 34.4 Å². The number of hydrogen-bond donors (Lipinski definition) is 2. The molecule has 0 aromatic heterocycles. The maximum Gasteiger partial charge on any atom is 0.358 e. The molecular formula is C7H10O7. The van der Waals surface area contributed by atoms with Crippen LogP contribution in [0.1, 0.15) is 19.8 Å². The van der Waals surface area contributed by atoms with E-state index in [0.717, 1.165) is 0 Å². The minimum absolute atomic E-state index is 0.0226. The van der Waals surface area contributed by atoms with Gasteiger partial charge in [0.05, 0.1) is 6.42 Å². The summed E-state index contributed by atoms with van der Waals surface area (Å²) in [7, 11) is 0. The van der Waals surface area contributed by atoms with E-state index in [1.54, 1.807) is 0 Å². The first-order valence-electron chi connectivity index (χ1n) is 3.78. The SMILES string of the molecule is CCC(=O)OOC(=O)CC(O)C(=O)O. The summed E-state index contributed by atoms with van der Waals surface area (Å²) < 4.78 is 0. The highest BCUT2D eigenvalue weighted by Gasteiger charge is 2.20. The van der Waals surface area contributed by atoms with Gasteiger partial charge in [0.2, 0.25) is 0 Å². The van der Waals surface area contributed by atoms with E-state index in [2.05, 4.69) is 9.78 Å². The molecule has 0 heterocycles. The topological polar surface area (TPSA) is 110 Å². The van der Waals surface area contributed by atoms with E-state index < -0.39 is 30.4 Å². The van der Waals surface area contributed by atoms with E-state index in [1.165, 1.54) is 6.92 Å². The van der Waals surface area contributed by atoms with Crippen molar-refractivity contribution in [2.75, 3.05) is 0 Å². The molecule has 0 radical (unpaired) electrons. The molecule has 0 aliphatic rings. The lowest BCUT2D eigenvalue weighted by Gasteiger charge is -2.03. The highest BCUT2D eigenvalue weighted by atomic mass is 17.2. The van der Waals surface area contributed by atoms with Gasteiger partial charge in [-0.15, -0.1) is 0 Å². The minimum atomic E-state index is -1.86. The Bertz CT molecular complexity index is 234. The Kier molecular flexibility index (Phi) is 5.23. The molecule has 0 aliphatic carbocycles. The molecule has 0 saturated carbocycles. The van der Waals surface area contributed by atoms with Gasteiger partial charge in [-0.25, -0.2) is 24.2 Å². The van der Waals surface area contributed by atoms with Crippen LogP contribution in [0.15, 0.2) is 0 Å². The van der Waals surface area contributed by atoms with Gasteiger partial charge in [-0.05, 0) is 0 Å². The third-order valence-electron chi connectivity index (χ3n) is 1.16. The maximum atomic E-state index is 10.7. The van der Waals surface area contributed by atoms with Gasteiger partial charge in [0, 0.05) is 6.42 Å². The second-order valence-corrected chi connectivity index (χ2v) is 2.32. The fourth-order valence-electron chi connectivity index (χ4n) is 0.431. The summed E-state index contributed by atoms with van der Waals surface area (Å²) >= 11 is 0. The molecule has 0 aromatic rings. The van der Waals surface area contributed by atoms with Gasteiger partial charge in [-0.3, -0.25) is 0 Å². The summed E-state index contributed by atoms with van der Waals surface area (Å²) in [6, 6.07) is 0. The molecular weight excluding hydrogens is 196 g/mol. The average Bonchev–Trinajstić information content (AvgIpc) is 2.13. The number of hydrogen-bond acceptors (Lipinski definition) is 6. The van der Waals surface area contributed by atoms with E-state index in [1.807, 2.05) is 0 Å². The van der Waals surface area contributed by atoms with Crippen LogP contribution in [0.2, 0.25) is 0 Å². The van der Waals surface area contributed by atoms with Crippen LogP contribution in [0.4, 0.5) is 0 Å². The Balaban J connectivity index is 3.76. The molecule has 7 heteroatoms. The van der Waals surface area contributed by atoms with Gasteiger partial charge < -0.3 is 10.2 Å². The quantitative estimate of drug-likeness (QED) is 0.459. The van der Waals surface area contributed by atoms with Crippen molar-refractivity contribution >= 4 is 17.9 Å². The van der Waals surface area contributed by atoms with Crippen LogP contribution in [0.25, 0.3) is 0 Å². The van der Waals surface area contributed by atoms with Gasteiger partial charge in [-0.1, -0.05) is 6.92 Å². The zero-order chi connectivity index (χ0) is 11.1. The second kappa shape index (κ2) is 5.92. The van der Waals surface area contributed by atoms with E-state index in [9.17, 15) is 14.4 Å². The molecule has 0 aliphatic heterocycles. The summed E-state index contributed by atoms with van der Waals surface area (Å²) in [5, 5.41) is 16.9. The normalized spacial score (nSPS) is 11.6. The lowest BCUT2D eigenvalue weighted by atomic mass is 10.3. The fraction of sp³-hybridized carbons (Fsp3) is 0.571. The Morgan fingerprint density at radius 3 is 2.14 bits per heavy atom. The third kappa shape index (κ3) is 5.09. The lowest BCUT2D eigenvalue weighted by molar-refractivity contribution is -0.259. The van der Waals surface area contributed by atoms with Crippen LogP contribution < -0.4 is 0 Å². The Hall–Kier alpha value is -1.63. The highest BCUT2D eigenvalue weighted by molar-refractivity contribution is 5.80. The van der Waals surface area contributed by atoms with E-state index in [0.29, 0.717) is 0 Å². The molecule has 0 spiro atoms. The summed E-state index contributed by atoms with van der Waals surface area (Å²) in [5.74, 6) is -3.44. The monoisotopic (exact) mass is 206 g/mol. The molecule has 14 heavy (non-hydrogen) atoms. The summed E-state index contributed by atoms with van der Waals surface area (Å²) in [6.45, 7) is 1.49. The van der Waals surface area contributed by atoms with Crippen LogP contribution in [0.3, 0.4) is 0 Å². The number of carboxylic acids is 1. The number of aliphatic hydroxyl groups is 1. The zero-order valence-corrected chi connectivity index (χ0v) is 7.43. The van der Waals surface area contributed by atoms with Crippen molar-refractivity contribution in [1.82, 2.24) is 0 Å².